The van der Waals surface area contributed by atoms with E-state index in [4.69, 9.17) is 0 Å². The van der Waals surface area contributed by atoms with Crippen LogP contribution in [0.15, 0.2) is 41.4 Å². The van der Waals surface area contributed by atoms with Crippen LogP contribution < -0.4 is 5.32 Å². The number of hydrogen-bond donors (Lipinski definition) is 1. The first-order valence-electron chi connectivity index (χ1n) is 8.00. The van der Waals surface area contributed by atoms with Gasteiger partial charge in [0.05, 0.1) is 17.6 Å². The molecule has 0 aliphatic rings. The number of alkyl halides is 3. The molecule has 0 spiro atoms. The fourth-order valence-electron chi connectivity index (χ4n) is 2.25. The molecule has 25 heavy (non-hydrogen) atoms. The molecule has 0 heterocycles. The lowest BCUT2D eigenvalue weighted by atomic mass is 10.1. The van der Waals surface area contributed by atoms with Crippen LogP contribution in [0, 0.1) is 13.8 Å². The van der Waals surface area contributed by atoms with Gasteiger partial charge in [-0.1, -0.05) is 6.07 Å². The van der Waals surface area contributed by atoms with Gasteiger partial charge in [0.15, 0.2) is 0 Å². The van der Waals surface area contributed by atoms with Crippen LogP contribution in [0.5, 0.6) is 0 Å². The van der Waals surface area contributed by atoms with Crippen molar-refractivity contribution < 1.29 is 13.2 Å². The van der Waals surface area contributed by atoms with E-state index in [1.165, 1.54) is 6.07 Å². The first-order valence-corrected chi connectivity index (χ1v) is 8.00. The fraction of sp³-hybridized carbons (Fsp3) is 0.316. The van der Waals surface area contributed by atoms with Crippen LogP contribution in [0.4, 0.5) is 30.2 Å². The first kappa shape index (κ1) is 18.8. The molecule has 0 saturated carbocycles. The zero-order valence-corrected chi connectivity index (χ0v) is 14.8. The fourth-order valence-corrected chi connectivity index (χ4v) is 2.25. The van der Waals surface area contributed by atoms with Gasteiger partial charge in [-0.25, -0.2) is 4.99 Å². The second-order valence-electron chi connectivity index (χ2n) is 5.97. The van der Waals surface area contributed by atoms with Crippen molar-refractivity contribution in [2.45, 2.75) is 26.9 Å². The SMILES string of the molecule is CCN(C)C=Nc1cc(C)c(Nc2cccc(C(F)(F)F)c2)cc1C. The van der Waals surface area contributed by atoms with Gasteiger partial charge in [0.2, 0.25) is 0 Å². The van der Waals surface area contributed by atoms with Gasteiger partial charge < -0.3 is 10.2 Å². The Kier molecular flexibility index (Phi) is 5.72. The molecule has 3 nitrogen and oxygen atoms in total. The van der Waals surface area contributed by atoms with Gasteiger partial charge in [-0.05, 0) is 62.2 Å². The molecular weight excluding hydrogens is 327 g/mol. The lowest BCUT2D eigenvalue weighted by Gasteiger charge is -2.14. The van der Waals surface area contributed by atoms with E-state index in [2.05, 4.69) is 10.3 Å². The van der Waals surface area contributed by atoms with Crippen molar-refractivity contribution in [3.05, 3.63) is 53.1 Å². The number of anilines is 2. The Morgan fingerprint density at radius 1 is 1.12 bits per heavy atom. The van der Waals surface area contributed by atoms with Crippen molar-refractivity contribution in [2.75, 3.05) is 18.9 Å². The Balaban J connectivity index is 2.27. The van der Waals surface area contributed by atoms with Crippen LogP contribution in [0.2, 0.25) is 0 Å². The Hall–Kier alpha value is -2.50. The molecule has 0 saturated heterocycles. The summed E-state index contributed by atoms with van der Waals surface area (Å²) in [5, 5.41) is 3.07. The van der Waals surface area contributed by atoms with Gasteiger partial charge in [-0.3, -0.25) is 0 Å². The van der Waals surface area contributed by atoms with Gasteiger partial charge in [0.25, 0.3) is 0 Å². The third-order valence-electron chi connectivity index (χ3n) is 3.90. The van der Waals surface area contributed by atoms with E-state index in [-0.39, 0.29) is 0 Å². The van der Waals surface area contributed by atoms with E-state index in [0.29, 0.717) is 5.69 Å². The van der Waals surface area contributed by atoms with Crippen molar-refractivity contribution in [3.8, 4) is 0 Å². The van der Waals surface area contributed by atoms with Crippen molar-refractivity contribution in [1.29, 1.82) is 0 Å². The summed E-state index contributed by atoms with van der Waals surface area (Å²) in [6.07, 6.45) is -2.59. The lowest BCUT2D eigenvalue weighted by molar-refractivity contribution is -0.137. The standard InChI is InChI=1S/C19H22F3N3/c1-5-25(4)12-23-17-9-14(3)18(10-13(17)2)24-16-8-6-7-15(11-16)19(20,21)22/h6-12,24H,5H2,1-4H3. The molecule has 0 aliphatic carbocycles. The molecule has 2 rings (SSSR count). The van der Waals surface area contributed by atoms with Crippen molar-refractivity contribution in [2.24, 2.45) is 4.99 Å². The van der Waals surface area contributed by atoms with Gasteiger partial charge in [-0.15, -0.1) is 0 Å². The summed E-state index contributed by atoms with van der Waals surface area (Å²) >= 11 is 0. The quantitative estimate of drug-likeness (QED) is 0.556. The number of benzene rings is 2. The number of halogens is 3. The zero-order valence-electron chi connectivity index (χ0n) is 14.8. The topological polar surface area (TPSA) is 27.6 Å². The molecule has 6 heteroatoms. The minimum Gasteiger partial charge on any atom is -0.366 e. The Morgan fingerprint density at radius 3 is 2.48 bits per heavy atom. The number of nitrogens with zero attached hydrogens (tertiary/aromatic N) is 2. The molecule has 2 aromatic rings. The van der Waals surface area contributed by atoms with Crippen LogP contribution in [-0.4, -0.2) is 24.8 Å². The van der Waals surface area contributed by atoms with E-state index in [1.54, 1.807) is 12.4 Å². The number of hydrogen-bond acceptors (Lipinski definition) is 2. The second kappa shape index (κ2) is 7.59. The first-order chi connectivity index (χ1) is 11.7. The molecule has 0 bridgehead atoms. The van der Waals surface area contributed by atoms with Crippen LogP contribution >= 0.6 is 0 Å². The monoisotopic (exact) mass is 349 g/mol. The normalized spacial score (nSPS) is 11.8. The zero-order chi connectivity index (χ0) is 18.6. The van der Waals surface area contributed by atoms with E-state index in [0.717, 1.165) is 41.2 Å². The summed E-state index contributed by atoms with van der Waals surface area (Å²) in [7, 11) is 1.94. The summed E-state index contributed by atoms with van der Waals surface area (Å²) in [4.78, 5) is 6.42. The molecule has 0 aliphatic heterocycles. The number of rotatable bonds is 5. The Morgan fingerprint density at radius 2 is 1.84 bits per heavy atom. The molecule has 0 atom stereocenters. The number of aryl methyl sites for hydroxylation is 2. The minimum atomic E-state index is -4.35. The predicted octanol–water partition coefficient (Wildman–Crippen LogP) is 5.68. The van der Waals surface area contributed by atoms with Gasteiger partial charge >= 0.3 is 6.18 Å². The summed E-state index contributed by atoms with van der Waals surface area (Å²) < 4.78 is 38.5. The largest absolute Gasteiger partial charge is 0.416 e. The molecule has 0 aromatic heterocycles. The highest BCUT2D eigenvalue weighted by Crippen LogP contribution is 2.33. The van der Waals surface area contributed by atoms with Crippen LogP contribution in [0.1, 0.15) is 23.6 Å². The third kappa shape index (κ3) is 4.98. The highest BCUT2D eigenvalue weighted by atomic mass is 19.4. The molecular formula is C19H22F3N3. The van der Waals surface area contributed by atoms with E-state index >= 15 is 0 Å². The van der Waals surface area contributed by atoms with Gasteiger partial charge in [0, 0.05) is 25.0 Å². The highest BCUT2D eigenvalue weighted by molar-refractivity contribution is 5.70. The molecule has 0 fully saturated rings. The maximum Gasteiger partial charge on any atom is 0.416 e. The minimum absolute atomic E-state index is 0.402. The summed E-state index contributed by atoms with van der Waals surface area (Å²) in [6, 6.07) is 9.00. The van der Waals surface area contributed by atoms with E-state index < -0.39 is 11.7 Å². The maximum atomic E-state index is 12.8. The van der Waals surface area contributed by atoms with Crippen LogP contribution in [-0.2, 0) is 6.18 Å². The maximum absolute atomic E-state index is 12.8. The summed E-state index contributed by atoms with van der Waals surface area (Å²) in [5.41, 5.74) is 3.19. The summed E-state index contributed by atoms with van der Waals surface area (Å²) in [6.45, 7) is 6.72. The second-order valence-corrected chi connectivity index (χ2v) is 5.97. The van der Waals surface area contributed by atoms with E-state index in [1.807, 2.05) is 44.9 Å². The Labute approximate surface area is 146 Å². The lowest BCUT2D eigenvalue weighted by Crippen LogP contribution is -2.14. The smallest absolute Gasteiger partial charge is 0.366 e. The summed E-state index contributed by atoms with van der Waals surface area (Å²) in [5.74, 6) is 0. The average molecular weight is 349 g/mol. The number of aliphatic imine (C=N–C) groups is 1. The van der Waals surface area contributed by atoms with Crippen LogP contribution in [0.3, 0.4) is 0 Å². The molecule has 1 N–H and O–H groups in total. The Bertz CT molecular complexity index is 767. The molecule has 2 aromatic carbocycles. The van der Waals surface area contributed by atoms with Crippen LogP contribution in [0.25, 0.3) is 0 Å². The van der Waals surface area contributed by atoms with Crippen molar-refractivity contribution in [1.82, 2.24) is 4.90 Å². The predicted molar refractivity (Wildman–Crippen MR) is 97.1 cm³/mol. The average Bonchev–Trinajstić information content (AvgIpc) is 2.55. The van der Waals surface area contributed by atoms with Gasteiger partial charge in [-0.2, -0.15) is 13.2 Å². The van der Waals surface area contributed by atoms with Gasteiger partial charge in [0.1, 0.15) is 0 Å². The number of nitrogens with one attached hydrogen (secondary N) is 1. The van der Waals surface area contributed by atoms with E-state index in [9.17, 15) is 13.2 Å². The molecule has 0 unspecified atom stereocenters. The molecule has 134 valence electrons. The highest BCUT2D eigenvalue weighted by Gasteiger charge is 2.30. The van der Waals surface area contributed by atoms with Crippen molar-refractivity contribution >= 4 is 23.4 Å². The molecule has 0 radical (unpaired) electrons. The molecule has 0 amide bonds. The third-order valence-corrected chi connectivity index (χ3v) is 3.90. The van der Waals surface area contributed by atoms with Crippen molar-refractivity contribution in [3.63, 3.8) is 0 Å².